The molecule has 0 aromatic heterocycles. The molecule has 0 saturated heterocycles. The average Bonchev–Trinajstić information content (AvgIpc) is 3.03. The van der Waals surface area contributed by atoms with Gasteiger partial charge in [-0.2, -0.15) is 18.4 Å². The van der Waals surface area contributed by atoms with E-state index in [1.54, 1.807) is 0 Å². The van der Waals surface area contributed by atoms with Gasteiger partial charge >= 0.3 is 6.18 Å². The summed E-state index contributed by atoms with van der Waals surface area (Å²) in [4.78, 5) is 0. The summed E-state index contributed by atoms with van der Waals surface area (Å²) in [5.74, 6) is -1.04. The molecule has 0 amide bonds. The van der Waals surface area contributed by atoms with Crippen molar-refractivity contribution in [3.05, 3.63) is 12.2 Å². The van der Waals surface area contributed by atoms with E-state index in [1.165, 1.54) is 0 Å². The van der Waals surface area contributed by atoms with Crippen LogP contribution < -0.4 is 0 Å². The number of fused-ring (bicyclic) bond motifs is 9. The van der Waals surface area contributed by atoms with E-state index in [0.717, 1.165) is 6.42 Å². The van der Waals surface area contributed by atoms with Gasteiger partial charge in [0.2, 0.25) is 0 Å². The molecular weight excluding hydrogens is 239 g/mol. The van der Waals surface area contributed by atoms with Gasteiger partial charge < -0.3 is 0 Å². The van der Waals surface area contributed by atoms with E-state index >= 15 is 0 Å². The summed E-state index contributed by atoms with van der Waals surface area (Å²) in [7, 11) is 0. The Morgan fingerprint density at radius 3 is 2.17 bits per heavy atom. The second kappa shape index (κ2) is 3.12. The normalized spacial score (nSPS) is 55.9. The van der Waals surface area contributed by atoms with Crippen molar-refractivity contribution >= 4 is 0 Å². The predicted octanol–water partition coefficient (Wildman–Crippen LogP) is 3.39. The Morgan fingerprint density at radius 1 is 1.00 bits per heavy atom. The summed E-state index contributed by atoms with van der Waals surface area (Å²) in [5, 5.41) is 9.14. The van der Waals surface area contributed by atoms with Crippen LogP contribution in [0.25, 0.3) is 0 Å². The third-order valence-corrected chi connectivity index (χ3v) is 5.95. The Hall–Kier alpha value is -0.980. The van der Waals surface area contributed by atoms with Crippen LogP contribution in [0, 0.1) is 58.7 Å². The first-order chi connectivity index (χ1) is 8.52. The topological polar surface area (TPSA) is 23.8 Å². The minimum atomic E-state index is -4.20. The highest BCUT2D eigenvalue weighted by Crippen LogP contribution is 2.70. The molecule has 0 heterocycles. The molecule has 3 fully saturated rings. The minimum Gasteiger partial charge on any atom is -0.198 e. The third-order valence-electron chi connectivity index (χ3n) is 5.95. The summed E-state index contributed by atoms with van der Waals surface area (Å²) in [6.07, 6.45) is 1.78. The van der Waals surface area contributed by atoms with Crippen LogP contribution in [0.2, 0.25) is 0 Å². The number of nitriles is 1. The van der Waals surface area contributed by atoms with Crippen LogP contribution in [0.5, 0.6) is 0 Å². The fraction of sp³-hybridized carbons (Fsp3) is 0.786. The number of halogens is 3. The molecule has 4 aliphatic rings. The molecule has 0 aromatic rings. The molecule has 0 aliphatic heterocycles. The van der Waals surface area contributed by atoms with Gasteiger partial charge in [0, 0.05) is 0 Å². The fourth-order valence-electron chi connectivity index (χ4n) is 5.66. The number of allylic oxidation sites excluding steroid dienone is 2. The van der Waals surface area contributed by atoms with E-state index in [2.05, 4.69) is 12.2 Å². The second-order valence-electron chi connectivity index (χ2n) is 6.39. The monoisotopic (exact) mass is 253 g/mol. The van der Waals surface area contributed by atoms with Gasteiger partial charge in [0.1, 0.15) is 0 Å². The molecule has 0 radical (unpaired) electrons. The zero-order valence-corrected chi connectivity index (χ0v) is 9.77. The maximum atomic E-state index is 13.2. The van der Waals surface area contributed by atoms with E-state index in [-0.39, 0.29) is 17.8 Å². The van der Waals surface area contributed by atoms with Crippen molar-refractivity contribution in [1.29, 1.82) is 5.26 Å². The molecule has 4 rings (SSSR count). The maximum absolute atomic E-state index is 13.2. The number of nitrogens with zero attached hydrogens (tertiary/aromatic N) is 1. The number of alkyl halides is 3. The summed E-state index contributed by atoms with van der Waals surface area (Å²) in [5.41, 5.74) is 0. The largest absolute Gasteiger partial charge is 0.393 e. The van der Waals surface area contributed by atoms with Gasteiger partial charge in [-0.15, -0.1) is 0 Å². The molecule has 96 valence electrons. The van der Waals surface area contributed by atoms with Crippen LogP contribution in [0.3, 0.4) is 0 Å². The zero-order valence-electron chi connectivity index (χ0n) is 9.77. The first-order valence-corrected chi connectivity index (χ1v) is 6.67. The number of hydrogen-bond donors (Lipinski definition) is 0. The number of rotatable bonds is 0. The van der Waals surface area contributed by atoms with E-state index in [9.17, 15) is 13.2 Å². The molecule has 3 saturated carbocycles. The summed E-state index contributed by atoms with van der Waals surface area (Å²) in [6, 6.07) is 1.98. The molecule has 0 aromatic carbocycles. The second-order valence-corrected chi connectivity index (χ2v) is 6.39. The van der Waals surface area contributed by atoms with Gasteiger partial charge in [0.15, 0.2) is 0 Å². The average molecular weight is 253 g/mol. The lowest BCUT2D eigenvalue weighted by molar-refractivity contribution is -0.204. The molecule has 1 nitrogen and oxygen atoms in total. The Bertz CT molecular complexity index is 461. The quantitative estimate of drug-likeness (QED) is 0.479. The van der Waals surface area contributed by atoms with E-state index in [0.29, 0.717) is 24.2 Å². The van der Waals surface area contributed by atoms with Crippen molar-refractivity contribution in [1.82, 2.24) is 0 Å². The summed E-state index contributed by atoms with van der Waals surface area (Å²) >= 11 is 0. The zero-order chi connectivity index (χ0) is 12.7. The molecule has 0 N–H and O–H groups in total. The lowest BCUT2D eigenvalue weighted by atomic mass is 9.65. The van der Waals surface area contributed by atoms with Gasteiger partial charge in [0.05, 0.1) is 17.9 Å². The third kappa shape index (κ3) is 1.09. The van der Waals surface area contributed by atoms with Crippen LogP contribution >= 0.6 is 0 Å². The van der Waals surface area contributed by atoms with E-state index in [4.69, 9.17) is 5.26 Å². The minimum absolute atomic E-state index is 0.00317. The van der Waals surface area contributed by atoms with Gasteiger partial charge in [-0.25, -0.2) is 0 Å². The van der Waals surface area contributed by atoms with Crippen molar-refractivity contribution in [2.75, 3.05) is 0 Å². The Kier molecular flexibility index (Phi) is 1.89. The van der Waals surface area contributed by atoms with Crippen LogP contribution in [0.1, 0.15) is 12.8 Å². The first kappa shape index (κ1) is 10.9. The molecule has 8 atom stereocenters. The molecular formula is C14H14F3N. The summed E-state index contributed by atoms with van der Waals surface area (Å²) in [6.45, 7) is 0. The van der Waals surface area contributed by atoms with Gasteiger partial charge in [0.25, 0.3) is 0 Å². The van der Waals surface area contributed by atoms with Gasteiger partial charge in [-0.3, -0.25) is 0 Å². The molecule has 4 bridgehead atoms. The Labute approximate surface area is 104 Å². The molecule has 4 heteroatoms. The lowest BCUT2D eigenvalue weighted by Gasteiger charge is -2.39. The Balaban J connectivity index is 1.75. The van der Waals surface area contributed by atoms with Crippen LogP contribution in [0.15, 0.2) is 12.2 Å². The molecule has 0 spiro atoms. The molecule has 8 unspecified atom stereocenters. The molecule has 18 heavy (non-hydrogen) atoms. The molecule has 4 aliphatic carbocycles. The van der Waals surface area contributed by atoms with Crippen molar-refractivity contribution < 1.29 is 13.2 Å². The van der Waals surface area contributed by atoms with Gasteiger partial charge in [-0.1, -0.05) is 12.2 Å². The standard InChI is InChI=1S/C14H14F3N/c15-14(16,17)13-9-4-8(10(13)5-18)11-6-1-2-7(3-6)12(9)11/h1-2,6-13H,3-4H2. The first-order valence-electron chi connectivity index (χ1n) is 6.67. The van der Waals surface area contributed by atoms with Gasteiger partial charge in [-0.05, 0) is 48.3 Å². The van der Waals surface area contributed by atoms with E-state index in [1.807, 2.05) is 6.07 Å². The van der Waals surface area contributed by atoms with Crippen LogP contribution in [0.4, 0.5) is 13.2 Å². The van der Waals surface area contributed by atoms with Crippen LogP contribution in [-0.4, -0.2) is 6.18 Å². The van der Waals surface area contributed by atoms with Crippen molar-refractivity contribution in [3.63, 3.8) is 0 Å². The van der Waals surface area contributed by atoms with Crippen molar-refractivity contribution in [3.8, 4) is 6.07 Å². The Morgan fingerprint density at radius 2 is 1.61 bits per heavy atom. The smallest absolute Gasteiger partial charge is 0.198 e. The highest BCUT2D eigenvalue weighted by Gasteiger charge is 2.69. The number of hydrogen-bond acceptors (Lipinski definition) is 1. The van der Waals surface area contributed by atoms with Crippen LogP contribution in [-0.2, 0) is 0 Å². The van der Waals surface area contributed by atoms with E-state index < -0.39 is 18.0 Å². The lowest BCUT2D eigenvalue weighted by Crippen LogP contribution is -2.43. The maximum Gasteiger partial charge on any atom is 0.393 e. The van der Waals surface area contributed by atoms with Crippen molar-refractivity contribution in [2.24, 2.45) is 47.3 Å². The van der Waals surface area contributed by atoms with Crippen molar-refractivity contribution in [2.45, 2.75) is 19.0 Å². The predicted molar refractivity (Wildman–Crippen MR) is 58.0 cm³/mol. The SMILES string of the molecule is N#CC1C2CC(C3C4C=CC(C4)C23)C1C(F)(F)F. The summed E-state index contributed by atoms with van der Waals surface area (Å²) < 4.78 is 39.6. The highest BCUT2D eigenvalue weighted by molar-refractivity contribution is 5.24. The highest BCUT2D eigenvalue weighted by atomic mass is 19.4. The fourth-order valence-corrected chi connectivity index (χ4v) is 5.66.